The van der Waals surface area contributed by atoms with Gasteiger partial charge in [-0.2, -0.15) is 0 Å². The van der Waals surface area contributed by atoms with Crippen molar-refractivity contribution in [3.8, 4) is 0 Å². The molecule has 3 heteroatoms. The second-order valence-corrected chi connectivity index (χ2v) is 3.51. The third-order valence-corrected chi connectivity index (χ3v) is 1.93. The molecule has 0 radical (unpaired) electrons. The number of carboxylic acid groups (broad SMARTS) is 1. The fraction of sp³-hybridized carbons (Fsp3) is 0.462. The lowest BCUT2D eigenvalue weighted by Crippen LogP contribution is -1.92. The summed E-state index contributed by atoms with van der Waals surface area (Å²) < 4.78 is 0. The van der Waals surface area contributed by atoms with Crippen molar-refractivity contribution in [2.75, 3.05) is 0 Å². The predicted molar refractivity (Wildman–Crippen MR) is 71.5 cm³/mol. The maximum atomic E-state index is 9.87. The van der Waals surface area contributed by atoms with E-state index in [1.807, 2.05) is 18.2 Å². The van der Waals surface area contributed by atoms with Gasteiger partial charge in [-0.05, 0) is 13.3 Å². The zero-order valence-corrected chi connectivity index (χ0v) is 9.57. The lowest BCUT2D eigenvalue weighted by Gasteiger charge is -1.89. The minimum Gasteiger partial charge on any atom is -0.481 e. The van der Waals surface area contributed by atoms with Crippen molar-refractivity contribution in [1.29, 1.82) is 0 Å². The quantitative estimate of drug-likeness (QED) is 0.643. The molecule has 0 unspecified atom stereocenters. The molecule has 2 nitrogen and oxygen atoms in total. The first-order valence-corrected chi connectivity index (χ1v) is 5.40. The average Bonchev–Trinajstić information content (AvgIpc) is 2.20. The maximum absolute atomic E-state index is 9.87. The molecule has 1 aromatic rings. The summed E-state index contributed by atoms with van der Waals surface area (Å²) in [5.41, 5.74) is 1.32. The topological polar surface area (TPSA) is 37.3 Å². The van der Waals surface area contributed by atoms with Gasteiger partial charge in [0.25, 0.3) is 0 Å². The van der Waals surface area contributed by atoms with E-state index < -0.39 is 5.97 Å². The smallest absolute Gasteiger partial charge is 0.316 e. The van der Waals surface area contributed by atoms with Crippen molar-refractivity contribution in [2.24, 2.45) is 0 Å². The molecule has 0 saturated carbocycles. The van der Waals surface area contributed by atoms with Crippen LogP contribution in [0.3, 0.4) is 0 Å². The maximum Gasteiger partial charge on any atom is 0.316 e. The van der Waals surface area contributed by atoms with E-state index in [2.05, 4.69) is 26.0 Å². The van der Waals surface area contributed by atoms with Gasteiger partial charge >= 0.3 is 29.0 Å². The highest BCUT2D eigenvalue weighted by atomic mass is 24.3. The van der Waals surface area contributed by atoms with E-state index in [1.54, 1.807) is 0 Å². The SMILES string of the molecule is CCCCCC(=O)O.Cc1ccccc1.[MgH2]. The highest BCUT2D eigenvalue weighted by Crippen LogP contribution is 1.97. The Morgan fingerprint density at radius 3 is 2.06 bits per heavy atom. The summed E-state index contributed by atoms with van der Waals surface area (Å²) in [6.07, 6.45) is 3.28. The molecular formula is C13H22MgO2. The number of aliphatic carboxylic acids is 1. The summed E-state index contributed by atoms with van der Waals surface area (Å²) in [6.45, 7) is 4.14. The molecule has 0 heterocycles. The normalized spacial score (nSPS) is 8.38. The molecule has 0 aromatic heterocycles. The molecule has 0 bridgehead atoms. The zero-order valence-electron chi connectivity index (χ0n) is 9.57. The second kappa shape index (κ2) is 12.5. The molecule has 0 atom stereocenters. The third-order valence-electron chi connectivity index (χ3n) is 1.93. The number of rotatable bonds is 4. The van der Waals surface area contributed by atoms with E-state index in [0.717, 1.165) is 19.3 Å². The Hall–Kier alpha value is -0.544. The molecule has 0 aliphatic rings. The van der Waals surface area contributed by atoms with Crippen LogP contribution in [0.4, 0.5) is 0 Å². The number of aryl methyl sites for hydroxylation is 1. The van der Waals surface area contributed by atoms with Crippen LogP contribution in [-0.2, 0) is 4.79 Å². The summed E-state index contributed by atoms with van der Waals surface area (Å²) in [5, 5.41) is 8.14. The van der Waals surface area contributed by atoms with Crippen LogP contribution in [0.1, 0.15) is 38.2 Å². The first kappa shape index (κ1) is 17.8. The van der Waals surface area contributed by atoms with Crippen molar-refractivity contribution < 1.29 is 9.90 Å². The van der Waals surface area contributed by atoms with Crippen molar-refractivity contribution in [3.05, 3.63) is 35.9 Å². The Balaban J connectivity index is 0. The van der Waals surface area contributed by atoms with E-state index in [0.29, 0.717) is 6.42 Å². The van der Waals surface area contributed by atoms with Gasteiger partial charge < -0.3 is 5.11 Å². The molecule has 1 N–H and O–H groups in total. The van der Waals surface area contributed by atoms with Gasteiger partial charge in [-0.3, -0.25) is 4.79 Å². The Morgan fingerprint density at radius 2 is 1.75 bits per heavy atom. The molecule has 0 aliphatic heterocycles. The van der Waals surface area contributed by atoms with Crippen LogP contribution in [0.25, 0.3) is 0 Å². The van der Waals surface area contributed by atoms with Crippen LogP contribution in [-0.4, -0.2) is 34.1 Å². The summed E-state index contributed by atoms with van der Waals surface area (Å²) in [7, 11) is 0. The fourth-order valence-corrected chi connectivity index (χ4v) is 1.06. The molecule has 0 saturated heterocycles. The second-order valence-electron chi connectivity index (χ2n) is 3.51. The Bertz CT molecular complexity index is 260. The fourth-order valence-electron chi connectivity index (χ4n) is 1.06. The van der Waals surface area contributed by atoms with Crippen LogP contribution < -0.4 is 0 Å². The standard InChI is InChI=1S/C7H8.C6H12O2.Mg.2H/c1-7-5-3-2-4-6-7;1-2-3-4-5-6(7)8;;;/h2-6H,1H3;2-5H2,1H3,(H,7,8);;;. The van der Waals surface area contributed by atoms with Crippen LogP contribution in [0.2, 0.25) is 0 Å². The first-order chi connectivity index (χ1) is 7.16. The molecular weight excluding hydrogens is 212 g/mol. The van der Waals surface area contributed by atoms with E-state index in [4.69, 9.17) is 5.11 Å². The van der Waals surface area contributed by atoms with E-state index in [9.17, 15) is 4.79 Å². The highest BCUT2D eigenvalue weighted by molar-refractivity contribution is 5.75. The van der Waals surface area contributed by atoms with Gasteiger partial charge in [-0.25, -0.2) is 0 Å². The molecule has 0 fully saturated rings. The van der Waals surface area contributed by atoms with Gasteiger partial charge in [-0.1, -0.05) is 55.7 Å². The lowest BCUT2D eigenvalue weighted by molar-refractivity contribution is -0.137. The Labute approximate surface area is 114 Å². The molecule has 0 amide bonds. The number of hydrogen-bond donors (Lipinski definition) is 1. The molecule has 16 heavy (non-hydrogen) atoms. The highest BCUT2D eigenvalue weighted by Gasteiger charge is 1.92. The van der Waals surface area contributed by atoms with Crippen molar-refractivity contribution in [1.82, 2.24) is 0 Å². The Morgan fingerprint density at radius 1 is 1.19 bits per heavy atom. The monoisotopic (exact) mass is 234 g/mol. The molecule has 0 spiro atoms. The summed E-state index contributed by atoms with van der Waals surface area (Å²) in [6, 6.07) is 10.3. The van der Waals surface area contributed by atoms with Crippen LogP contribution in [0.15, 0.2) is 30.3 Å². The molecule has 0 aliphatic carbocycles. The van der Waals surface area contributed by atoms with Gasteiger partial charge in [0, 0.05) is 6.42 Å². The molecule has 88 valence electrons. The van der Waals surface area contributed by atoms with Crippen molar-refractivity contribution in [2.45, 2.75) is 39.5 Å². The van der Waals surface area contributed by atoms with Crippen LogP contribution in [0, 0.1) is 6.92 Å². The number of unbranched alkanes of at least 4 members (excludes halogenated alkanes) is 2. The van der Waals surface area contributed by atoms with Gasteiger partial charge in [-0.15, -0.1) is 0 Å². The lowest BCUT2D eigenvalue weighted by atomic mass is 10.2. The first-order valence-electron chi connectivity index (χ1n) is 5.40. The summed E-state index contributed by atoms with van der Waals surface area (Å²) >= 11 is 0. The molecule has 1 rings (SSSR count). The van der Waals surface area contributed by atoms with E-state index in [1.165, 1.54) is 5.56 Å². The number of hydrogen-bond acceptors (Lipinski definition) is 1. The third kappa shape index (κ3) is 13.5. The summed E-state index contributed by atoms with van der Waals surface area (Å²) in [4.78, 5) is 9.87. The zero-order chi connectivity index (χ0) is 11.5. The summed E-state index contributed by atoms with van der Waals surface area (Å²) in [5.74, 6) is -0.682. The van der Waals surface area contributed by atoms with Crippen LogP contribution >= 0.6 is 0 Å². The minimum atomic E-state index is -0.682. The number of carboxylic acids is 1. The van der Waals surface area contributed by atoms with Crippen molar-refractivity contribution >= 4 is 29.0 Å². The number of benzene rings is 1. The largest absolute Gasteiger partial charge is 0.481 e. The minimum absolute atomic E-state index is 0. The van der Waals surface area contributed by atoms with Gasteiger partial charge in [0.2, 0.25) is 0 Å². The van der Waals surface area contributed by atoms with Crippen molar-refractivity contribution in [3.63, 3.8) is 0 Å². The Kier molecular flexibility index (Phi) is 14.0. The predicted octanol–water partition coefficient (Wildman–Crippen LogP) is 2.73. The van der Waals surface area contributed by atoms with Gasteiger partial charge in [0.1, 0.15) is 0 Å². The molecule has 1 aromatic carbocycles. The van der Waals surface area contributed by atoms with E-state index >= 15 is 0 Å². The van der Waals surface area contributed by atoms with Gasteiger partial charge in [0.15, 0.2) is 0 Å². The van der Waals surface area contributed by atoms with E-state index in [-0.39, 0.29) is 23.1 Å². The average molecular weight is 235 g/mol. The number of carbonyl (C=O) groups is 1. The van der Waals surface area contributed by atoms with Crippen LogP contribution in [0.5, 0.6) is 0 Å². The van der Waals surface area contributed by atoms with Gasteiger partial charge in [0.05, 0.1) is 0 Å².